The molecule has 2 aliphatic rings. The van der Waals surface area contributed by atoms with E-state index in [1.54, 1.807) is 6.07 Å². The number of nitrogens with zero attached hydrogens (tertiary/aromatic N) is 1. The van der Waals surface area contributed by atoms with E-state index in [1.807, 2.05) is 0 Å². The third kappa shape index (κ3) is 3.96. The summed E-state index contributed by atoms with van der Waals surface area (Å²) in [6.07, 6.45) is 1.70. The zero-order chi connectivity index (χ0) is 20.4. The highest BCUT2D eigenvalue weighted by Gasteiger charge is 2.27. The molecule has 1 saturated heterocycles. The fourth-order valence-electron chi connectivity index (χ4n) is 3.21. The summed E-state index contributed by atoms with van der Waals surface area (Å²) in [6, 6.07) is 10.3. The van der Waals surface area contributed by atoms with Crippen molar-refractivity contribution in [3.05, 3.63) is 53.6 Å². The smallest absolute Gasteiger partial charge is 0.338 e. The lowest BCUT2D eigenvalue weighted by atomic mass is 10.1. The molecule has 0 saturated carbocycles. The Bertz CT molecular complexity index is 1040. The molecule has 29 heavy (non-hydrogen) atoms. The molecule has 0 radical (unpaired) electrons. The number of Topliss-reactive ketones (excluding diaryl/α,β-unsaturated/α-hetero) is 1. The Kier molecular flexibility index (Phi) is 5.25. The van der Waals surface area contributed by atoms with E-state index in [4.69, 9.17) is 14.2 Å². The van der Waals surface area contributed by atoms with Crippen molar-refractivity contribution in [3.8, 4) is 11.5 Å². The maximum absolute atomic E-state index is 12.5. The van der Waals surface area contributed by atoms with Crippen molar-refractivity contribution in [1.82, 2.24) is 4.31 Å². The van der Waals surface area contributed by atoms with Gasteiger partial charge in [0.2, 0.25) is 16.8 Å². The van der Waals surface area contributed by atoms with E-state index in [0.29, 0.717) is 24.6 Å². The van der Waals surface area contributed by atoms with Gasteiger partial charge in [0.25, 0.3) is 0 Å². The van der Waals surface area contributed by atoms with Crippen LogP contribution in [-0.4, -0.2) is 51.0 Å². The van der Waals surface area contributed by atoms with E-state index in [0.717, 1.165) is 12.8 Å². The lowest BCUT2D eigenvalue weighted by Gasteiger charge is -2.15. The topological polar surface area (TPSA) is 99.2 Å². The number of hydrogen-bond acceptors (Lipinski definition) is 7. The maximum Gasteiger partial charge on any atom is 0.338 e. The fraction of sp³-hybridized carbons (Fsp3) is 0.300. The predicted molar refractivity (Wildman–Crippen MR) is 102 cm³/mol. The highest BCUT2D eigenvalue weighted by atomic mass is 32.2. The van der Waals surface area contributed by atoms with Gasteiger partial charge in [0.15, 0.2) is 23.9 Å². The molecule has 0 aliphatic carbocycles. The van der Waals surface area contributed by atoms with Crippen LogP contribution in [0.15, 0.2) is 47.4 Å². The average molecular weight is 417 g/mol. The van der Waals surface area contributed by atoms with Crippen molar-refractivity contribution in [2.75, 3.05) is 26.5 Å². The molecule has 152 valence electrons. The lowest BCUT2D eigenvalue weighted by Crippen LogP contribution is -2.27. The Balaban J connectivity index is 1.38. The van der Waals surface area contributed by atoms with Crippen molar-refractivity contribution < 1.29 is 32.2 Å². The summed E-state index contributed by atoms with van der Waals surface area (Å²) >= 11 is 0. The highest BCUT2D eigenvalue weighted by Crippen LogP contribution is 2.32. The van der Waals surface area contributed by atoms with Crippen molar-refractivity contribution in [3.63, 3.8) is 0 Å². The minimum Gasteiger partial charge on any atom is -0.454 e. The van der Waals surface area contributed by atoms with Gasteiger partial charge in [0.1, 0.15) is 0 Å². The van der Waals surface area contributed by atoms with Gasteiger partial charge >= 0.3 is 5.97 Å². The first-order valence-corrected chi connectivity index (χ1v) is 10.6. The molecule has 1 fully saturated rings. The molecule has 0 unspecified atom stereocenters. The second-order valence-corrected chi connectivity index (χ2v) is 8.64. The summed E-state index contributed by atoms with van der Waals surface area (Å²) in [4.78, 5) is 24.6. The number of ketones is 1. The Morgan fingerprint density at radius 1 is 0.931 bits per heavy atom. The third-order valence-electron chi connectivity index (χ3n) is 4.82. The largest absolute Gasteiger partial charge is 0.454 e. The Hall–Kier alpha value is -2.91. The van der Waals surface area contributed by atoms with Crippen molar-refractivity contribution in [2.45, 2.75) is 17.7 Å². The lowest BCUT2D eigenvalue weighted by molar-refractivity contribution is 0.0474. The molecule has 2 aliphatic heterocycles. The second-order valence-electron chi connectivity index (χ2n) is 6.70. The zero-order valence-corrected chi connectivity index (χ0v) is 16.3. The molecule has 0 aromatic heterocycles. The molecule has 8 nitrogen and oxygen atoms in total. The van der Waals surface area contributed by atoms with Crippen LogP contribution in [0.4, 0.5) is 0 Å². The van der Waals surface area contributed by atoms with Crippen LogP contribution in [0.1, 0.15) is 33.6 Å². The zero-order valence-electron chi connectivity index (χ0n) is 15.5. The van der Waals surface area contributed by atoms with Gasteiger partial charge in [-0.3, -0.25) is 4.79 Å². The molecule has 4 rings (SSSR count). The molecule has 0 amide bonds. The van der Waals surface area contributed by atoms with Gasteiger partial charge in [0.05, 0.1) is 10.5 Å². The molecule has 9 heteroatoms. The average Bonchev–Trinajstić information content (AvgIpc) is 3.43. The fourth-order valence-corrected chi connectivity index (χ4v) is 4.73. The standard InChI is InChI=1S/C20H19NO7S/c22-17(12-26-20(23)15-5-8-18-19(11-15)28-13-27-18)14-3-6-16(7-4-14)29(24,25)21-9-1-2-10-21/h3-8,11H,1-2,9-10,12-13H2. The predicted octanol–water partition coefficient (Wildman–Crippen LogP) is 2.24. The molecule has 0 bridgehead atoms. The molecule has 0 spiro atoms. The minimum atomic E-state index is -3.53. The van der Waals surface area contributed by atoms with E-state index in [1.165, 1.54) is 40.7 Å². The summed E-state index contributed by atoms with van der Waals surface area (Å²) in [6.45, 7) is 0.666. The molecule has 0 atom stereocenters. The summed E-state index contributed by atoms with van der Waals surface area (Å²) in [5.74, 6) is -0.101. The monoisotopic (exact) mass is 417 g/mol. The van der Waals surface area contributed by atoms with E-state index in [-0.39, 0.29) is 22.8 Å². The van der Waals surface area contributed by atoms with E-state index < -0.39 is 28.4 Å². The molecule has 2 aromatic rings. The Morgan fingerprint density at radius 2 is 1.59 bits per heavy atom. The SMILES string of the molecule is O=C(COC(=O)c1ccc2c(c1)OCO2)c1ccc(S(=O)(=O)N2CCCC2)cc1. The first kappa shape index (κ1) is 19.4. The summed E-state index contributed by atoms with van der Waals surface area (Å²) < 4.78 is 41.9. The first-order chi connectivity index (χ1) is 13.9. The van der Waals surface area contributed by atoms with Gasteiger partial charge in [-0.2, -0.15) is 4.31 Å². The van der Waals surface area contributed by atoms with Crippen molar-refractivity contribution >= 4 is 21.8 Å². The van der Waals surface area contributed by atoms with Gasteiger partial charge in [-0.05, 0) is 55.3 Å². The number of fused-ring (bicyclic) bond motifs is 1. The van der Waals surface area contributed by atoms with Crippen LogP contribution in [0.3, 0.4) is 0 Å². The van der Waals surface area contributed by atoms with Crippen LogP contribution >= 0.6 is 0 Å². The van der Waals surface area contributed by atoms with Crippen molar-refractivity contribution in [2.24, 2.45) is 0 Å². The summed E-state index contributed by atoms with van der Waals surface area (Å²) in [7, 11) is -3.53. The second kappa shape index (κ2) is 7.84. The number of rotatable bonds is 6. The molecular formula is C20H19NO7S. The molecule has 0 N–H and O–H groups in total. The van der Waals surface area contributed by atoms with Crippen LogP contribution in [0, 0.1) is 0 Å². The normalized spacial score (nSPS) is 16.0. The van der Waals surface area contributed by atoms with Crippen LogP contribution in [0.5, 0.6) is 11.5 Å². The number of ether oxygens (including phenoxy) is 3. The van der Waals surface area contributed by atoms with Crippen LogP contribution in [0.2, 0.25) is 0 Å². The number of benzene rings is 2. The van der Waals surface area contributed by atoms with Crippen LogP contribution in [-0.2, 0) is 14.8 Å². The Morgan fingerprint density at radius 3 is 2.31 bits per heavy atom. The summed E-state index contributed by atoms with van der Waals surface area (Å²) in [5.41, 5.74) is 0.512. The van der Waals surface area contributed by atoms with Crippen LogP contribution in [0.25, 0.3) is 0 Å². The van der Waals surface area contributed by atoms with E-state index in [9.17, 15) is 18.0 Å². The minimum absolute atomic E-state index is 0.0931. The van der Waals surface area contributed by atoms with Crippen molar-refractivity contribution in [1.29, 1.82) is 0 Å². The van der Waals surface area contributed by atoms with Gasteiger partial charge in [0, 0.05) is 18.7 Å². The van der Waals surface area contributed by atoms with Gasteiger partial charge in [-0.15, -0.1) is 0 Å². The number of esters is 1. The summed E-state index contributed by atoms with van der Waals surface area (Å²) in [5, 5.41) is 0. The number of carbonyl (C=O) groups is 2. The first-order valence-electron chi connectivity index (χ1n) is 9.15. The number of sulfonamides is 1. The maximum atomic E-state index is 12.5. The molecule has 2 aromatic carbocycles. The quantitative estimate of drug-likeness (QED) is 0.525. The van der Waals surface area contributed by atoms with E-state index >= 15 is 0 Å². The molecular weight excluding hydrogens is 398 g/mol. The third-order valence-corrected chi connectivity index (χ3v) is 6.73. The molecule has 2 heterocycles. The van der Waals surface area contributed by atoms with E-state index in [2.05, 4.69) is 0 Å². The Labute approximate surface area is 168 Å². The number of carbonyl (C=O) groups excluding carboxylic acids is 2. The van der Waals surface area contributed by atoms with Gasteiger partial charge in [-0.1, -0.05) is 0 Å². The van der Waals surface area contributed by atoms with Crippen LogP contribution < -0.4 is 9.47 Å². The van der Waals surface area contributed by atoms with Gasteiger partial charge < -0.3 is 14.2 Å². The van der Waals surface area contributed by atoms with Gasteiger partial charge in [-0.25, -0.2) is 13.2 Å². The highest BCUT2D eigenvalue weighted by molar-refractivity contribution is 7.89. The number of hydrogen-bond donors (Lipinski definition) is 0.